The highest BCUT2D eigenvalue weighted by molar-refractivity contribution is 5.96. The summed E-state index contributed by atoms with van der Waals surface area (Å²) >= 11 is 0. The first-order chi connectivity index (χ1) is 16.1. The summed E-state index contributed by atoms with van der Waals surface area (Å²) in [6.45, 7) is 0. The van der Waals surface area contributed by atoms with Crippen molar-refractivity contribution in [2.45, 2.75) is 0 Å². The van der Waals surface area contributed by atoms with Gasteiger partial charge in [-0.05, 0) is 48.5 Å². The lowest BCUT2D eigenvalue weighted by molar-refractivity contribution is -0.0418. The van der Waals surface area contributed by atoms with Crippen LogP contribution in [0.5, 0.6) is 11.5 Å². The van der Waals surface area contributed by atoms with Gasteiger partial charge in [-0.3, -0.25) is 10.2 Å². The van der Waals surface area contributed by atoms with Crippen LogP contribution in [0.3, 0.4) is 0 Å². The first-order valence-electron chi connectivity index (χ1n) is 10.3. The Morgan fingerprint density at radius 3 is 2.15 bits per heavy atom. The second kappa shape index (κ2) is 10.3. The van der Waals surface area contributed by atoms with E-state index >= 15 is 0 Å². The van der Waals surface area contributed by atoms with Crippen molar-refractivity contribution in [3.63, 3.8) is 0 Å². The molecular formula is C25H24N6O2. The Morgan fingerprint density at radius 1 is 0.788 bits per heavy atom. The van der Waals surface area contributed by atoms with Crippen LogP contribution in [0.25, 0.3) is 0 Å². The molecular weight excluding hydrogens is 416 g/mol. The van der Waals surface area contributed by atoms with Crippen molar-refractivity contribution in [3.05, 3.63) is 96.8 Å². The molecule has 0 aliphatic heterocycles. The second-order valence-electron chi connectivity index (χ2n) is 7.09. The Hall–Kier alpha value is -4.43. The zero-order chi connectivity index (χ0) is 23.0. The summed E-state index contributed by atoms with van der Waals surface area (Å²) in [4.78, 5) is 13.7. The number of aromatic nitrogens is 2. The number of benzene rings is 3. The maximum absolute atomic E-state index is 8.18. The van der Waals surface area contributed by atoms with E-state index in [1.807, 2.05) is 84.9 Å². The van der Waals surface area contributed by atoms with Gasteiger partial charge in [0.15, 0.2) is 5.84 Å². The monoisotopic (exact) mass is 440 g/mol. The first kappa shape index (κ1) is 21.8. The zero-order valence-electron chi connectivity index (χ0n) is 18.3. The number of nitrogens with one attached hydrogen (secondary N) is 3. The molecule has 0 bridgehead atoms. The molecule has 8 heteroatoms. The molecule has 0 unspecified atom stereocenters. The molecule has 3 aromatic carbocycles. The lowest BCUT2D eigenvalue weighted by Gasteiger charge is -2.17. The Morgan fingerprint density at radius 2 is 1.45 bits per heavy atom. The van der Waals surface area contributed by atoms with Gasteiger partial charge in [-0.25, -0.2) is 15.0 Å². The van der Waals surface area contributed by atoms with Gasteiger partial charge < -0.3 is 15.4 Å². The third-order valence-electron chi connectivity index (χ3n) is 4.77. The molecule has 0 aliphatic rings. The van der Waals surface area contributed by atoms with E-state index in [4.69, 9.17) is 15.0 Å². The van der Waals surface area contributed by atoms with E-state index in [-0.39, 0.29) is 5.84 Å². The lowest BCUT2D eigenvalue weighted by Crippen LogP contribution is -2.25. The van der Waals surface area contributed by atoms with Crippen LogP contribution >= 0.6 is 0 Å². The Bertz CT molecular complexity index is 1220. The van der Waals surface area contributed by atoms with E-state index < -0.39 is 0 Å². The number of hydrogen-bond acceptors (Lipinski definition) is 7. The first-order valence-corrected chi connectivity index (χ1v) is 10.3. The minimum absolute atomic E-state index is 0.255. The smallest absolute Gasteiger partial charge is 0.152 e. The number of amidine groups is 1. The van der Waals surface area contributed by atoms with Crippen molar-refractivity contribution in [1.29, 1.82) is 5.41 Å². The summed E-state index contributed by atoms with van der Waals surface area (Å²) in [5, 5.41) is 16.1. The highest BCUT2D eigenvalue weighted by Crippen LogP contribution is 2.25. The molecule has 0 radical (unpaired) electrons. The van der Waals surface area contributed by atoms with Gasteiger partial charge in [-0.15, -0.1) is 0 Å². The minimum Gasteiger partial charge on any atom is -0.457 e. The molecule has 8 nitrogen and oxygen atoms in total. The average Bonchev–Trinajstić information content (AvgIpc) is 2.85. The third kappa shape index (κ3) is 5.84. The molecule has 0 saturated heterocycles. The number of anilines is 4. The Balaban J connectivity index is 1.42. The number of hydrogen-bond donors (Lipinski definition) is 3. The van der Waals surface area contributed by atoms with Gasteiger partial charge in [0.1, 0.15) is 29.5 Å². The molecule has 0 spiro atoms. The van der Waals surface area contributed by atoms with Crippen LogP contribution in [0.1, 0.15) is 5.56 Å². The molecule has 166 valence electrons. The number of hydroxylamine groups is 2. The fourth-order valence-corrected chi connectivity index (χ4v) is 3.04. The molecule has 0 fully saturated rings. The molecule has 0 aliphatic carbocycles. The number of para-hydroxylation sites is 1. The standard InChI is InChI=1S/C25H24N6O2/c1-31(32-2)25(26)18-7-6-8-20(15-18)30-24-16-23(27-17-28-24)29-19-11-13-22(14-12-19)33-21-9-4-3-5-10-21/h3-17,26H,1-2H3,(H2,27,28,29,30). The molecule has 0 atom stereocenters. The normalized spacial score (nSPS) is 10.4. The highest BCUT2D eigenvalue weighted by atomic mass is 16.7. The lowest BCUT2D eigenvalue weighted by atomic mass is 10.2. The predicted molar refractivity (Wildman–Crippen MR) is 130 cm³/mol. The summed E-state index contributed by atoms with van der Waals surface area (Å²) in [6, 6.07) is 26.6. The van der Waals surface area contributed by atoms with Gasteiger partial charge in [-0.1, -0.05) is 30.3 Å². The summed E-state index contributed by atoms with van der Waals surface area (Å²) in [7, 11) is 3.21. The second-order valence-corrected chi connectivity index (χ2v) is 7.09. The van der Waals surface area contributed by atoms with Gasteiger partial charge in [0.2, 0.25) is 0 Å². The summed E-state index contributed by atoms with van der Waals surface area (Å²) in [5.74, 6) is 3.07. The predicted octanol–water partition coefficient (Wildman–Crippen LogP) is 5.57. The topological polar surface area (TPSA) is 95.4 Å². The van der Waals surface area contributed by atoms with Gasteiger partial charge in [0.25, 0.3) is 0 Å². The fraction of sp³-hybridized carbons (Fsp3) is 0.0800. The SMILES string of the molecule is CON(C)C(=N)c1cccc(Nc2cc(Nc3ccc(Oc4ccccc4)cc3)ncn2)c1. The minimum atomic E-state index is 0.255. The van der Waals surface area contributed by atoms with Crippen molar-refractivity contribution in [1.82, 2.24) is 15.0 Å². The van der Waals surface area contributed by atoms with Crippen LogP contribution in [-0.4, -0.2) is 35.0 Å². The number of nitrogens with zero attached hydrogens (tertiary/aromatic N) is 3. The van der Waals surface area contributed by atoms with Crippen LogP contribution in [0.4, 0.5) is 23.0 Å². The van der Waals surface area contributed by atoms with Gasteiger partial charge in [0.05, 0.1) is 7.11 Å². The van der Waals surface area contributed by atoms with E-state index in [1.165, 1.54) is 18.5 Å². The molecule has 0 amide bonds. The molecule has 1 heterocycles. The molecule has 1 aromatic heterocycles. The quantitative estimate of drug-likeness (QED) is 0.187. The van der Waals surface area contributed by atoms with Gasteiger partial charge >= 0.3 is 0 Å². The van der Waals surface area contributed by atoms with Crippen molar-refractivity contribution in [2.24, 2.45) is 0 Å². The van der Waals surface area contributed by atoms with E-state index in [2.05, 4.69) is 20.6 Å². The van der Waals surface area contributed by atoms with E-state index in [0.717, 1.165) is 28.4 Å². The number of rotatable bonds is 8. The summed E-state index contributed by atoms with van der Waals surface area (Å²) in [6.07, 6.45) is 1.49. The molecule has 0 saturated carbocycles. The summed E-state index contributed by atoms with van der Waals surface area (Å²) < 4.78 is 5.83. The van der Waals surface area contributed by atoms with Crippen molar-refractivity contribution < 1.29 is 9.57 Å². The summed E-state index contributed by atoms with van der Waals surface area (Å²) in [5.41, 5.74) is 2.39. The van der Waals surface area contributed by atoms with Crippen LogP contribution in [0, 0.1) is 5.41 Å². The van der Waals surface area contributed by atoms with Crippen molar-refractivity contribution in [3.8, 4) is 11.5 Å². The maximum Gasteiger partial charge on any atom is 0.152 e. The van der Waals surface area contributed by atoms with Crippen LogP contribution in [0.15, 0.2) is 91.3 Å². The van der Waals surface area contributed by atoms with Crippen LogP contribution in [0.2, 0.25) is 0 Å². The van der Waals surface area contributed by atoms with E-state index in [1.54, 1.807) is 7.05 Å². The highest BCUT2D eigenvalue weighted by Gasteiger charge is 2.08. The van der Waals surface area contributed by atoms with E-state index in [9.17, 15) is 0 Å². The number of ether oxygens (including phenoxy) is 1. The largest absolute Gasteiger partial charge is 0.457 e. The fourth-order valence-electron chi connectivity index (χ4n) is 3.04. The Labute approximate surface area is 192 Å². The average molecular weight is 441 g/mol. The zero-order valence-corrected chi connectivity index (χ0v) is 18.3. The molecule has 3 N–H and O–H groups in total. The van der Waals surface area contributed by atoms with Crippen molar-refractivity contribution in [2.75, 3.05) is 24.8 Å². The van der Waals surface area contributed by atoms with E-state index in [0.29, 0.717) is 11.6 Å². The van der Waals surface area contributed by atoms with Crippen LogP contribution < -0.4 is 15.4 Å². The van der Waals surface area contributed by atoms with Crippen LogP contribution in [-0.2, 0) is 4.84 Å². The molecule has 33 heavy (non-hydrogen) atoms. The van der Waals surface area contributed by atoms with Gasteiger partial charge in [-0.2, -0.15) is 0 Å². The molecule has 4 rings (SSSR count). The molecule has 4 aromatic rings. The van der Waals surface area contributed by atoms with Crippen molar-refractivity contribution >= 4 is 28.8 Å². The Kier molecular flexibility index (Phi) is 6.77. The maximum atomic E-state index is 8.18. The van der Waals surface area contributed by atoms with Gasteiger partial charge in [0, 0.05) is 30.1 Å². The third-order valence-corrected chi connectivity index (χ3v) is 4.77.